The van der Waals surface area contributed by atoms with Crippen molar-refractivity contribution in [2.45, 2.75) is 44.9 Å². The maximum Gasteiger partial charge on any atom is 0.233 e. The zero-order valence-electron chi connectivity index (χ0n) is 17.2. The van der Waals surface area contributed by atoms with E-state index in [-0.39, 0.29) is 17.1 Å². The van der Waals surface area contributed by atoms with E-state index in [1.54, 1.807) is 0 Å². The lowest BCUT2D eigenvalue weighted by molar-refractivity contribution is -0.140. The smallest absolute Gasteiger partial charge is 0.233 e. The average Bonchev–Trinajstić information content (AvgIpc) is 3.09. The highest BCUT2D eigenvalue weighted by Gasteiger charge is 2.51. The van der Waals surface area contributed by atoms with E-state index < -0.39 is 10.8 Å². The van der Waals surface area contributed by atoms with Crippen LogP contribution in [0.4, 0.5) is 0 Å². The summed E-state index contributed by atoms with van der Waals surface area (Å²) in [6.07, 6.45) is 4.81. The first-order valence-electron chi connectivity index (χ1n) is 10.3. The number of Topliss-reactive ketones (excluding diaryl/α,β-unsaturated/α-hetero) is 1. The molecule has 1 amide bonds. The summed E-state index contributed by atoms with van der Waals surface area (Å²) in [5, 5.41) is 0.665. The van der Waals surface area contributed by atoms with Gasteiger partial charge < -0.3 is 15.4 Å². The van der Waals surface area contributed by atoms with E-state index in [1.165, 1.54) is 0 Å². The molecule has 1 atom stereocenters. The molecule has 0 radical (unpaired) electrons. The zero-order chi connectivity index (χ0) is 20.9. The monoisotopic (exact) mass is 416 g/mol. The van der Waals surface area contributed by atoms with Crippen LogP contribution in [0.25, 0.3) is 0 Å². The average molecular weight is 417 g/mol. The Labute approximate surface area is 177 Å². The van der Waals surface area contributed by atoms with Gasteiger partial charge in [-0.15, -0.1) is 0 Å². The van der Waals surface area contributed by atoms with Gasteiger partial charge in [0.25, 0.3) is 0 Å². The number of hydrogen-bond donors (Lipinski definition) is 1. The standard InChI is InChI=1S/C23H29ClN2O3/c1-21(2)14-22(13-18(25)19(21)27)7-10-26(15-22)20(28)23(8-11-29-12-9-23)16-3-5-17(24)6-4-16/h3-6,13H,7-12,14-15,25H2,1-2H3/t22-/m1/s1. The maximum absolute atomic E-state index is 13.9. The van der Waals surface area contributed by atoms with Crippen molar-refractivity contribution in [2.24, 2.45) is 16.6 Å². The van der Waals surface area contributed by atoms with Crippen LogP contribution < -0.4 is 5.73 Å². The van der Waals surface area contributed by atoms with Gasteiger partial charge in [-0.1, -0.05) is 37.6 Å². The lowest BCUT2D eigenvalue weighted by atomic mass is 9.65. The molecule has 29 heavy (non-hydrogen) atoms. The van der Waals surface area contributed by atoms with Gasteiger partial charge in [0.15, 0.2) is 5.78 Å². The van der Waals surface area contributed by atoms with Gasteiger partial charge in [0.2, 0.25) is 5.91 Å². The summed E-state index contributed by atoms with van der Waals surface area (Å²) in [4.78, 5) is 28.3. The molecule has 1 aromatic rings. The van der Waals surface area contributed by atoms with Gasteiger partial charge in [0.05, 0.1) is 11.1 Å². The van der Waals surface area contributed by atoms with Crippen LogP contribution in [0.2, 0.25) is 5.02 Å². The molecule has 0 aromatic heterocycles. The fraction of sp³-hybridized carbons (Fsp3) is 0.565. The van der Waals surface area contributed by atoms with Crippen LogP contribution in [-0.4, -0.2) is 42.9 Å². The van der Waals surface area contributed by atoms with Gasteiger partial charge in [0.1, 0.15) is 0 Å². The summed E-state index contributed by atoms with van der Waals surface area (Å²) in [5.41, 5.74) is 6.14. The first-order valence-corrected chi connectivity index (χ1v) is 10.7. The van der Waals surface area contributed by atoms with Gasteiger partial charge in [-0.05, 0) is 49.5 Å². The molecule has 6 heteroatoms. The van der Waals surface area contributed by atoms with E-state index in [0.717, 1.165) is 18.4 Å². The summed E-state index contributed by atoms with van der Waals surface area (Å²) in [6, 6.07) is 7.65. The van der Waals surface area contributed by atoms with Crippen LogP contribution in [0.3, 0.4) is 0 Å². The number of rotatable bonds is 2. The summed E-state index contributed by atoms with van der Waals surface area (Å²) >= 11 is 6.09. The molecule has 1 spiro atoms. The highest BCUT2D eigenvalue weighted by Crippen LogP contribution is 2.48. The topological polar surface area (TPSA) is 72.6 Å². The second-order valence-electron chi connectivity index (χ2n) is 9.53. The lowest BCUT2D eigenvalue weighted by Gasteiger charge is -2.41. The van der Waals surface area contributed by atoms with Crippen molar-refractivity contribution >= 4 is 23.3 Å². The molecule has 4 rings (SSSR count). The second kappa shape index (κ2) is 7.13. The predicted octanol–water partition coefficient (Wildman–Crippen LogP) is 3.45. The van der Waals surface area contributed by atoms with Gasteiger partial charge in [-0.3, -0.25) is 9.59 Å². The van der Waals surface area contributed by atoms with Crippen LogP contribution in [0.5, 0.6) is 0 Å². The minimum atomic E-state index is -0.580. The Bertz CT molecular complexity index is 855. The third-order valence-corrected chi connectivity index (χ3v) is 7.21. The quantitative estimate of drug-likeness (QED) is 0.801. The molecular weight excluding hydrogens is 388 g/mol. The van der Waals surface area contributed by atoms with E-state index in [1.807, 2.05) is 49.1 Å². The van der Waals surface area contributed by atoms with E-state index in [9.17, 15) is 9.59 Å². The number of nitrogens with zero attached hydrogens (tertiary/aromatic N) is 1. The SMILES string of the molecule is CC1(C)C[C@]2(C=C(N)C1=O)CCN(C(=O)C1(c3ccc(Cl)cc3)CCOCC1)C2. The van der Waals surface area contributed by atoms with Gasteiger partial charge >= 0.3 is 0 Å². The largest absolute Gasteiger partial charge is 0.396 e. The Morgan fingerprint density at radius 2 is 1.79 bits per heavy atom. The number of halogens is 1. The Hall–Kier alpha value is -1.85. The third kappa shape index (κ3) is 3.49. The Morgan fingerprint density at radius 1 is 1.14 bits per heavy atom. The summed E-state index contributed by atoms with van der Waals surface area (Å²) < 4.78 is 5.59. The number of hydrogen-bond acceptors (Lipinski definition) is 4. The second-order valence-corrected chi connectivity index (χ2v) is 9.97. The molecule has 3 aliphatic rings. The number of benzene rings is 1. The zero-order valence-corrected chi connectivity index (χ0v) is 17.9. The van der Waals surface area contributed by atoms with Crippen molar-refractivity contribution in [3.8, 4) is 0 Å². The number of nitrogens with two attached hydrogens (primary N) is 1. The highest BCUT2D eigenvalue weighted by molar-refractivity contribution is 6.30. The summed E-state index contributed by atoms with van der Waals surface area (Å²) in [7, 11) is 0. The van der Waals surface area contributed by atoms with E-state index in [4.69, 9.17) is 22.1 Å². The molecule has 0 unspecified atom stereocenters. The van der Waals surface area contributed by atoms with Crippen LogP contribution in [0, 0.1) is 10.8 Å². The number of ketones is 1. The number of carbonyl (C=O) groups excluding carboxylic acids is 2. The molecule has 2 N–H and O–H groups in total. The molecule has 1 aliphatic carbocycles. The Balaban J connectivity index is 1.63. The molecule has 2 fully saturated rings. The van der Waals surface area contributed by atoms with Crippen molar-refractivity contribution in [1.29, 1.82) is 0 Å². The van der Waals surface area contributed by atoms with E-state index in [2.05, 4.69) is 0 Å². The van der Waals surface area contributed by atoms with E-state index in [0.29, 0.717) is 49.9 Å². The number of carbonyl (C=O) groups is 2. The predicted molar refractivity (Wildman–Crippen MR) is 112 cm³/mol. The maximum atomic E-state index is 13.9. The molecule has 1 aromatic carbocycles. The van der Waals surface area contributed by atoms with E-state index >= 15 is 0 Å². The Morgan fingerprint density at radius 3 is 2.41 bits per heavy atom. The minimum Gasteiger partial charge on any atom is -0.396 e. The van der Waals surface area contributed by atoms with Gasteiger partial charge in [-0.25, -0.2) is 0 Å². The summed E-state index contributed by atoms with van der Waals surface area (Å²) in [5.74, 6) is 0.164. The molecule has 2 aliphatic heterocycles. The fourth-order valence-electron chi connectivity index (χ4n) is 5.55. The first-order chi connectivity index (χ1) is 13.7. The summed E-state index contributed by atoms with van der Waals surface area (Å²) in [6.45, 7) is 6.34. The third-order valence-electron chi connectivity index (χ3n) is 6.96. The number of allylic oxidation sites excluding steroid dienone is 1. The lowest BCUT2D eigenvalue weighted by Crippen LogP contribution is -2.50. The van der Waals surface area contributed by atoms with Gasteiger partial charge in [-0.2, -0.15) is 0 Å². The molecule has 2 heterocycles. The van der Waals surface area contributed by atoms with Crippen LogP contribution in [-0.2, 0) is 19.7 Å². The van der Waals surface area contributed by atoms with Crippen molar-refractivity contribution in [2.75, 3.05) is 26.3 Å². The van der Waals surface area contributed by atoms with Crippen molar-refractivity contribution in [1.82, 2.24) is 4.90 Å². The van der Waals surface area contributed by atoms with Crippen molar-refractivity contribution < 1.29 is 14.3 Å². The molecular formula is C23H29ClN2O3. The number of ether oxygens (including phenoxy) is 1. The molecule has 5 nitrogen and oxygen atoms in total. The minimum absolute atomic E-state index is 0.00923. The van der Waals surface area contributed by atoms with Crippen LogP contribution in [0.15, 0.2) is 36.0 Å². The number of amides is 1. The molecule has 0 saturated carbocycles. The van der Waals surface area contributed by atoms with Crippen molar-refractivity contribution in [3.63, 3.8) is 0 Å². The first kappa shape index (κ1) is 20.4. The fourth-order valence-corrected chi connectivity index (χ4v) is 5.67. The molecule has 0 bridgehead atoms. The van der Waals surface area contributed by atoms with Crippen LogP contribution in [0.1, 0.15) is 45.1 Å². The molecule has 156 valence electrons. The van der Waals surface area contributed by atoms with Crippen molar-refractivity contribution in [3.05, 3.63) is 46.6 Å². The number of likely N-dealkylation sites (tertiary alicyclic amines) is 1. The Kier molecular flexibility index (Phi) is 5.02. The van der Waals surface area contributed by atoms with Gasteiger partial charge in [0, 0.05) is 42.2 Å². The normalized spacial score (nSPS) is 28.4. The van der Waals surface area contributed by atoms with Crippen LogP contribution >= 0.6 is 11.6 Å². The molecule has 2 saturated heterocycles. The highest BCUT2D eigenvalue weighted by atomic mass is 35.5.